The van der Waals surface area contributed by atoms with Crippen LogP contribution in [0.3, 0.4) is 0 Å². The molecule has 4 N–H and O–H groups in total. The van der Waals surface area contributed by atoms with E-state index < -0.39 is 0 Å². The predicted molar refractivity (Wildman–Crippen MR) is 73.7 cm³/mol. The minimum Gasteiger partial charge on any atom is -0.382 e. The quantitative estimate of drug-likeness (QED) is 0.652. The number of H-pyrrole nitrogens is 1. The zero-order chi connectivity index (χ0) is 13.9. The second kappa shape index (κ2) is 4.96. The highest BCUT2D eigenvalue weighted by Crippen LogP contribution is 2.10. The molecular formula is C13H12N6O. The molecule has 0 unspecified atom stereocenters. The van der Waals surface area contributed by atoms with Gasteiger partial charge in [-0.3, -0.25) is 4.79 Å². The van der Waals surface area contributed by atoms with E-state index in [9.17, 15) is 4.79 Å². The molecule has 3 rings (SSSR count). The van der Waals surface area contributed by atoms with Crippen molar-refractivity contribution in [1.82, 2.24) is 25.3 Å². The lowest BCUT2D eigenvalue weighted by atomic mass is 10.3. The van der Waals surface area contributed by atoms with E-state index in [1.54, 1.807) is 0 Å². The number of hydrogen-bond donors (Lipinski definition) is 3. The molecular weight excluding hydrogens is 256 g/mol. The number of carbonyl (C=O) groups excluding carboxylic acids is 1. The van der Waals surface area contributed by atoms with Gasteiger partial charge in [0, 0.05) is 12.4 Å². The van der Waals surface area contributed by atoms with Crippen molar-refractivity contribution < 1.29 is 4.79 Å². The molecule has 7 nitrogen and oxygen atoms in total. The first-order valence-electron chi connectivity index (χ1n) is 6.02. The van der Waals surface area contributed by atoms with E-state index in [0.717, 1.165) is 11.0 Å². The number of hydrogen-bond acceptors (Lipinski definition) is 5. The third-order valence-electron chi connectivity index (χ3n) is 2.80. The third-order valence-corrected chi connectivity index (χ3v) is 2.80. The molecule has 7 heteroatoms. The van der Waals surface area contributed by atoms with Gasteiger partial charge in [-0.2, -0.15) is 0 Å². The van der Waals surface area contributed by atoms with E-state index in [4.69, 9.17) is 5.73 Å². The maximum absolute atomic E-state index is 11.9. The van der Waals surface area contributed by atoms with Gasteiger partial charge in [-0.1, -0.05) is 12.1 Å². The first kappa shape index (κ1) is 12.1. The number of benzene rings is 1. The summed E-state index contributed by atoms with van der Waals surface area (Å²) >= 11 is 0. The molecule has 0 aliphatic heterocycles. The van der Waals surface area contributed by atoms with Crippen molar-refractivity contribution in [3.63, 3.8) is 0 Å². The van der Waals surface area contributed by atoms with Gasteiger partial charge >= 0.3 is 0 Å². The Labute approximate surface area is 114 Å². The van der Waals surface area contributed by atoms with Gasteiger partial charge in [-0.15, -0.1) is 0 Å². The number of nitrogens with two attached hydrogens (primary N) is 1. The number of aromatic amines is 1. The summed E-state index contributed by atoms with van der Waals surface area (Å²) in [6.45, 7) is 0.267. The lowest BCUT2D eigenvalue weighted by Gasteiger charge is -2.03. The number of fused-ring (bicyclic) bond motifs is 1. The van der Waals surface area contributed by atoms with Crippen LogP contribution in [0.4, 0.5) is 5.82 Å². The van der Waals surface area contributed by atoms with Crippen molar-refractivity contribution in [3.05, 3.63) is 48.2 Å². The number of nitrogens with zero attached hydrogens (tertiary/aromatic N) is 3. The van der Waals surface area contributed by atoms with E-state index in [2.05, 4.69) is 25.3 Å². The summed E-state index contributed by atoms with van der Waals surface area (Å²) in [6, 6.07) is 7.65. The Hall–Kier alpha value is -2.96. The molecule has 0 aliphatic rings. The molecule has 0 bridgehead atoms. The van der Waals surface area contributed by atoms with E-state index in [0.29, 0.717) is 5.82 Å². The summed E-state index contributed by atoms with van der Waals surface area (Å²) in [5, 5.41) is 2.70. The predicted octanol–water partition coefficient (Wildman–Crippen LogP) is 0.865. The van der Waals surface area contributed by atoms with Crippen molar-refractivity contribution in [2.45, 2.75) is 6.54 Å². The van der Waals surface area contributed by atoms with Crippen LogP contribution in [0.25, 0.3) is 11.0 Å². The zero-order valence-electron chi connectivity index (χ0n) is 10.5. The lowest BCUT2D eigenvalue weighted by Crippen LogP contribution is -2.25. The minimum absolute atomic E-state index is 0.106. The monoisotopic (exact) mass is 268 g/mol. The molecule has 100 valence electrons. The van der Waals surface area contributed by atoms with Gasteiger partial charge in [-0.25, -0.2) is 15.0 Å². The Bertz CT molecular complexity index is 733. The smallest absolute Gasteiger partial charge is 0.274 e. The normalized spacial score (nSPS) is 10.6. The molecule has 3 aromatic rings. The van der Waals surface area contributed by atoms with Crippen LogP contribution in [0.5, 0.6) is 0 Å². The van der Waals surface area contributed by atoms with Crippen LogP contribution in [0.15, 0.2) is 36.7 Å². The maximum atomic E-state index is 11.9. The van der Waals surface area contributed by atoms with E-state index in [1.807, 2.05) is 24.3 Å². The first-order valence-corrected chi connectivity index (χ1v) is 6.02. The lowest BCUT2D eigenvalue weighted by molar-refractivity contribution is 0.0945. The van der Waals surface area contributed by atoms with Crippen LogP contribution in [-0.2, 0) is 6.54 Å². The molecule has 0 fully saturated rings. The van der Waals surface area contributed by atoms with E-state index in [1.165, 1.54) is 12.4 Å². The molecule has 0 saturated carbocycles. The van der Waals surface area contributed by atoms with Crippen LogP contribution in [0, 0.1) is 0 Å². The summed E-state index contributed by atoms with van der Waals surface area (Å²) in [5.74, 6) is 0.396. The van der Waals surface area contributed by atoms with E-state index in [-0.39, 0.29) is 24.0 Å². The Kier molecular flexibility index (Phi) is 3.00. The number of carbonyl (C=O) groups is 1. The minimum atomic E-state index is -0.379. The van der Waals surface area contributed by atoms with Gasteiger partial charge in [0.05, 0.1) is 17.6 Å². The van der Waals surface area contributed by atoms with Crippen LogP contribution >= 0.6 is 0 Å². The molecule has 0 saturated heterocycles. The van der Waals surface area contributed by atoms with Crippen molar-refractivity contribution in [3.8, 4) is 0 Å². The van der Waals surface area contributed by atoms with Crippen molar-refractivity contribution in [2.24, 2.45) is 0 Å². The molecule has 0 spiro atoms. The second-order valence-corrected chi connectivity index (χ2v) is 4.17. The molecule has 0 aliphatic carbocycles. The number of imidazole rings is 1. The fourth-order valence-electron chi connectivity index (χ4n) is 1.86. The van der Waals surface area contributed by atoms with Gasteiger partial charge in [0.2, 0.25) is 0 Å². The molecule has 1 amide bonds. The van der Waals surface area contributed by atoms with Crippen LogP contribution in [-0.4, -0.2) is 25.8 Å². The highest BCUT2D eigenvalue weighted by molar-refractivity contribution is 5.96. The Morgan fingerprint density at radius 3 is 2.85 bits per heavy atom. The highest BCUT2D eigenvalue weighted by Gasteiger charge is 2.12. The average Bonchev–Trinajstić information content (AvgIpc) is 2.88. The second-order valence-electron chi connectivity index (χ2n) is 4.17. The van der Waals surface area contributed by atoms with Crippen LogP contribution in [0.2, 0.25) is 0 Å². The van der Waals surface area contributed by atoms with Crippen molar-refractivity contribution in [1.29, 1.82) is 0 Å². The largest absolute Gasteiger partial charge is 0.382 e. The Balaban J connectivity index is 1.73. The molecule has 20 heavy (non-hydrogen) atoms. The van der Waals surface area contributed by atoms with Crippen LogP contribution < -0.4 is 11.1 Å². The van der Waals surface area contributed by atoms with Gasteiger partial charge in [0.1, 0.15) is 5.82 Å². The summed E-state index contributed by atoms with van der Waals surface area (Å²) in [5.41, 5.74) is 7.49. The van der Waals surface area contributed by atoms with Gasteiger partial charge in [0.15, 0.2) is 11.5 Å². The summed E-state index contributed by atoms with van der Waals surface area (Å²) in [7, 11) is 0. The number of para-hydroxylation sites is 2. The number of anilines is 1. The number of nitrogens with one attached hydrogen (secondary N) is 2. The fraction of sp³-hybridized carbons (Fsp3) is 0.0769. The molecule has 1 aromatic carbocycles. The number of rotatable bonds is 3. The third kappa shape index (κ3) is 2.28. The van der Waals surface area contributed by atoms with Gasteiger partial charge in [0.25, 0.3) is 5.91 Å². The summed E-state index contributed by atoms with van der Waals surface area (Å²) in [6.07, 6.45) is 2.86. The van der Waals surface area contributed by atoms with Gasteiger partial charge < -0.3 is 16.0 Å². The zero-order valence-corrected chi connectivity index (χ0v) is 10.5. The van der Waals surface area contributed by atoms with Crippen molar-refractivity contribution >= 4 is 22.8 Å². The first-order chi connectivity index (χ1) is 9.74. The summed E-state index contributed by atoms with van der Waals surface area (Å²) < 4.78 is 0. The molecule has 2 aromatic heterocycles. The fourth-order valence-corrected chi connectivity index (χ4v) is 1.86. The molecule has 2 heterocycles. The average molecular weight is 268 g/mol. The summed E-state index contributed by atoms with van der Waals surface area (Å²) in [4.78, 5) is 27.1. The van der Waals surface area contributed by atoms with Crippen molar-refractivity contribution in [2.75, 3.05) is 5.73 Å². The molecule has 0 atom stereocenters. The number of amides is 1. The maximum Gasteiger partial charge on any atom is 0.274 e. The topological polar surface area (TPSA) is 110 Å². The van der Waals surface area contributed by atoms with E-state index >= 15 is 0 Å². The van der Waals surface area contributed by atoms with Gasteiger partial charge in [-0.05, 0) is 12.1 Å². The number of aromatic nitrogens is 4. The van der Waals surface area contributed by atoms with Crippen LogP contribution in [0.1, 0.15) is 16.3 Å². The highest BCUT2D eigenvalue weighted by atomic mass is 16.1. The SMILES string of the molecule is Nc1nccnc1C(=O)NCc1nc2ccccc2[nH]1. The Morgan fingerprint density at radius 2 is 2.05 bits per heavy atom. The Morgan fingerprint density at radius 1 is 1.25 bits per heavy atom. The standard InChI is InChI=1S/C13H12N6O/c14-12-11(15-5-6-16-12)13(20)17-7-10-18-8-3-1-2-4-9(8)19-10/h1-6H,7H2,(H2,14,16)(H,17,20)(H,18,19). The number of nitrogen functional groups attached to an aromatic ring is 1. The molecule has 0 radical (unpaired) electrons.